The number of hydrogen-bond donors (Lipinski definition) is 1. The van der Waals surface area contributed by atoms with Crippen LogP contribution in [0, 0.1) is 0 Å². The second kappa shape index (κ2) is 5.85. The number of carboxylic acids is 1. The Labute approximate surface area is 93.7 Å². The molecule has 0 fully saturated rings. The largest absolute Gasteiger partial charge is 0.480 e. The SMILES string of the molecule is CCN(CC(=O)O)C(=O)Cc1ccncc1. The Morgan fingerprint density at radius 2 is 2.00 bits per heavy atom. The molecule has 0 bridgehead atoms. The van der Waals surface area contributed by atoms with E-state index in [0.29, 0.717) is 6.54 Å². The van der Waals surface area contributed by atoms with E-state index in [4.69, 9.17) is 5.11 Å². The van der Waals surface area contributed by atoms with Gasteiger partial charge in [-0.15, -0.1) is 0 Å². The Morgan fingerprint density at radius 3 is 2.50 bits per heavy atom. The standard InChI is InChI=1S/C11H14N2O3/c1-2-13(8-11(15)16)10(14)7-9-3-5-12-6-4-9/h3-6H,2,7-8H2,1H3,(H,15,16). The number of carbonyl (C=O) groups is 2. The van der Waals surface area contributed by atoms with Crippen molar-refractivity contribution >= 4 is 11.9 Å². The van der Waals surface area contributed by atoms with E-state index in [2.05, 4.69) is 4.98 Å². The van der Waals surface area contributed by atoms with Gasteiger partial charge in [0, 0.05) is 18.9 Å². The summed E-state index contributed by atoms with van der Waals surface area (Å²) in [7, 11) is 0. The maximum absolute atomic E-state index is 11.7. The maximum Gasteiger partial charge on any atom is 0.323 e. The van der Waals surface area contributed by atoms with E-state index in [1.807, 2.05) is 0 Å². The maximum atomic E-state index is 11.7. The van der Waals surface area contributed by atoms with Crippen molar-refractivity contribution in [3.8, 4) is 0 Å². The predicted octanol–water partition coefficient (Wildman–Crippen LogP) is 0.557. The molecule has 0 spiro atoms. The molecule has 1 rings (SSSR count). The van der Waals surface area contributed by atoms with Gasteiger partial charge in [-0.25, -0.2) is 0 Å². The second-order valence-corrected chi connectivity index (χ2v) is 3.33. The zero-order valence-corrected chi connectivity index (χ0v) is 9.09. The summed E-state index contributed by atoms with van der Waals surface area (Å²) in [5.74, 6) is -1.18. The first-order valence-corrected chi connectivity index (χ1v) is 5.02. The first-order valence-electron chi connectivity index (χ1n) is 5.02. The fourth-order valence-corrected chi connectivity index (χ4v) is 1.33. The van der Waals surface area contributed by atoms with E-state index < -0.39 is 5.97 Å². The Bertz CT molecular complexity index is 365. The molecular formula is C11H14N2O3. The van der Waals surface area contributed by atoms with E-state index >= 15 is 0 Å². The molecule has 0 unspecified atom stereocenters. The van der Waals surface area contributed by atoms with Gasteiger partial charge in [-0.2, -0.15) is 0 Å². The summed E-state index contributed by atoms with van der Waals surface area (Å²) in [5, 5.41) is 8.63. The van der Waals surface area contributed by atoms with E-state index in [0.717, 1.165) is 5.56 Å². The first-order chi connectivity index (χ1) is 7.63. The lowest BCUT2D eigenvalue weighted by molar-refractivity contribution is -0.144. The Morgan fingerprint density at radius 1 is 1.38 bits per heavy atom. The third-order valence-corrected chi connectivity index (χ3v) is 2.17. The monoisotopic (exact) mass is 222 g/mol. The summed E-state index contributed by atoms with van der Waals surface area (Å²) in [6.07, 6.45) is 3.43. The molecule has 5 heteroatoms. The van der Waals surface area contributed by atoms with Crippen molar-refractivity contribution in [2.45, 2.75) is 13.3 Å². The Balaban J connectivity index is 2.59. The highest BCUT2D eigenvalue weighted by atomic mass is 16.4. The predicted molar refractivity (Wildman–Crippen MR) is 57.8 cm³/mol. The normalized spacial score (nSPS) is 9.81. The van der Waals surface area contributed by atoms with E-state index in [9.17, 15) is 9.59 Å². The lowest BCUT2D eigenvalue weighted by atomic mass is 10.2. The molecule has 0 saturated carbocycles. The van der Waals surface area contributed by atoms with E-state index in [1.54, 1.807) is 31.5 Å². The lowest BCUT2D eigenvalue weighted by Crippen LogP contribution is -2.36. The van der Waals surface area contributed by atoms with Gasteiger partial charge in [0.25, 0.3) is 0 Å². The van der Waals surface area contributed by atoms with E-state index in [1.165, 1.54) is 4.90 Å². The van der Waals surface area contributed by atoms with Gasteiger partial charge in [0.1, 0.15) is 6.54 Å². The molecule has 1 aromatic heterocycles. The average Bonchev–Trinajstić information content (AvgIpc) is 2.26. The van der Waals surface area contributed by atoms with Crippen LogP contribution in [0.1, 0.15) is 12.5 Å². The van der Waals surface area contributed by atoms with Crippen molar-refractivity contribution in [2.75, 3.05) is 13.1 Å². The topological polar surface area (TPSA) is 70.5 Å². The average molecular weight is 222 g/mol. The van der Waals surface area contributed by atoms with Crippen LogP contribution in [0.25, 0.3) is 0 Å². The van der Waals surface area contributed by atoms with Crippen LogP contribution in [-0.2, 0) is 16.0 Å². The number of hydrogen-bond acceptors (Lipinski definition) is 3. The molecule has 1 heterocycles. The molecule has 5 nitrogen and oxygen atoms in total. The van der Waals surface area contributed by atoms with Gasteiger partial charge < -0.3 is 10.0 Å². The molecule has 0 aliphatic carbocycles. The van der Waals surface area contributed by atoms with Gasteiger partial charge in [-0.3, -0.25) is 14.6 Å². The molecule has 0 atom stereocenters. The Hall–Kier alpha value is -1.91. The van der Waals surface area contributed by atoms with Crippen molar-refractivity contribution in [3.05, 3.63) is 30.1 Å². The van der Waals surface area contributed by atoms with Crippen LogP contribution in [0.2, 0.25) is 0 Å². The zero-order valence-electron chi connectivity index (χ0n) is 9.09. The summed E-state index contributed by atoms with van der Waals surface area (Å²) in [6.45, 7) is 1.91. The molecular weight excluding hydrogens is 208 g/mol. The summed E-state index contributed by atoms with van der Waals surface area (Å²) in [4.78, 5) is 27.4. The Kier molecular flexibility index (Phi) is 4.44. The molecule has 86 valence electrons. The third kappa shape index (κ3) is 3.68. The summed E-state index contributed by atoms with van der Waals surface area (Å²) in [6, 6.07) is 3.49. The summed E-state index contributed by atoms with van der Waals surface area (Å²) in [5.41, 5.74) is 0.837. The second-order valence-electron chi connectivity index (χ2n) is 3.33. The minimum atomic E-state index is -0.995. The zero-order chi connectivity index (χ0) is 12.0. The van der Waals surface area contributed by atoms with Crippen LogP contribution in [0.15, 0.2) is 24.5 Å². The quantitative estimate of drug-likeness (QED) is 0.790. The van der Waals surface area contributed by atoms with Gasteiger partial charge in [-0.05, 0) is 24.6 Å². The van der Waals surface area contributed by atoms with Crippen molar-refractivity contribution in [1.82, 2.24) is 9.88 Å². The van der Waals surface area contributed by atoms with Crippen molar-refractivity contribution in [2.24, 2.45) is 0 Å². The summed E-state index contributed by atoms with van der Waals surface area (Å²) >= 11 is 0. The van der Waals surface area contributed by atoms with Crippen molar-refractivity contribution < 1.29 is 14.7 Å². The lowest BCUT2D eigenvalue weighted by Gasteiger charge is -2.18. The first kappa shape index (κ1) is 12.2. The number of aromatic nitrogens is 1. The summed E-state index contributed by atoms with van der Waals surface area (Å²) < 4.78 is 0. The van der Waals surface area contributed by atoms with Gasteiger partial charge in [0.2, 0.25) is 5.91 Å². The van der Waals surface area contributed by atoms with Crippen LogP contribution in [0.3, 0.4) is 0 Å². The number of likely N-dealkylation sites (N-methyl/N-ethyl adjacent to an activating group) is 1. The van der Waals surface area contributed by atoms with Gasteiger partial charge >= 0.3 is 5.97 Å². The molecule has 1 amide bonds. The number of rotatable bonds is 5. The number of amides is 1. The van der Waals surface area contributed by atoms with E-state index in [-0.39, 0.29) is 18.9 Å². The molecule has 0 aliphatic heterocycles. The molecule has 0 saturated heterocycles. The fourth-order valence-electron chi connectivity index (χ4n) is 1.33. The minimum absolute atomic E-state index is 0.184. The number of nitrogens with zero attached hydrogens (tertiary/aromatic N) is 2. The van der Waals surface area contributed by atoms with Gasteiger partial charge in [0.05, 0.1) is 6.42 Å². The van der Waals surface area contributed by atoms with Crippen LogP contribution < -0.4 is 0 Å². The molecule has 0 aromatic carbocycles. The van der Waals surface area contributed by atoms with Gasteiger partial charge in [-0.1, -0.05) is 0 Å². The van der Waals surface area contributed by atoms with Crippen molar-refractivity contribution in [1.29, 1.82) is 0 Å². The number of carbonyl (C=O) groups excluding carboxylic acids is 1. The van der Waals surface area contributed by atoms with Crippen LogP contribution in [0.4, 0.5) is 0 Å². The van der Waals surface area contributed by atoms with Crippen LogP contribution in [-0.4, -0.2) is 40.0 Å². The molecule has 1 aromatic rings. The number of carboxylic acid groups (broad SMARTS) is 1. The number of pyridine rings is 1. The number of aliphatic carboxylic acids is 1. The van der Waals surface area contributed by atoms with Crippen molar-refractivity contribution in [3.63, 3.8) is 0 Å². The highest BCUT2D eigenvalue weighted by molar-refractivity contribution is 5.82. The molecule has 1 N–H and O–H groups in total. The van der Waals surface area contributed by atoms with Gasteiger partial charge in [0.15, 0.2) is 0 Å². The highest BCUT2D eigenvalue weighted by Gasteiger charge is 2.14. The fraction of sp³-hybridized carbons (Fsp3) is 0.364. The molecule has 16 heavy (non-hydrogen) atoms. The molecule has 0 aliphatic rings. The smallest absolute Gasteiger partial charge is 0.323 e. The molecule has 0 radical (unpaired) electrons. The third-order valence-electron chi connectivity index (χ3n) is 2.17. The van der Waals surface area contributed by atoms with Crippen LogP contribution >= 0.6 is 0 Å². The van der Waals surface area contributed by atoms with Crippen LogP contribution in [0.5, 0.6) is 0 Å². The minimum Gasteiger partial charge on any atom is -0.480 e. The highest BCUT2D eigenvalue weighted by Crippen LogP contribution is 2.01.